The van der Waals surface area contributed by atoms with E-state index < -0.39 is 5.41 Å². The largest absolute Gasteiger partial charge is 0.304 e. The molecule has 0 amide bonds. The smallest absolute Gasteiger partial charge is 0.145 e. The Balaban J connectivity index is 2.99. The van der Waals surface area contributed by atoms with E-state index in [2.05, 4.69) is 9.82 Å². The van der Waals surface area contributed by atoms with Gasteiger partial charge in [0.2, 0.25) is 0 Å². The summed E-state index contributed by atoms with van der Waals surface area (Å²) in [4.78, 5) is 8.20. The lowest BCUT2D eigenvalue weighted by Crippen LogP contribution is -2.27. The molecule has 3 nitrogen and oxygen atoms in total. The monoisotopic (exact) mass is 184 g/mol. The highest BCUT2D eigenvalue weighted by Crippen LogP contribution is 2.24. The maximum Gasteiger partial charge on any atom is 0.145 e. The molecule has 1 aromatic heterocycles. The van der Waals surface area contributed by atoms with E-state index in [1.54, 1.807) is 12.3 Å². The van der Waals surface area contributed by atoms with E-state index in [1.165, 1.54) is 6.20 Å². The molecule has 0 aliphatic carbocycles. The van der Waals surface area contributed by atoms with Crippen LogP contribution in [0.1, 0.15) is 19.4 Å². The van der Waals surface area contributed by atoms with E-state index in [0.29, 0.717) is 5.56 Å². The lowest BCUT2D eigenvalue weighted by molar-refractivity contribution is 0.0950. The molecule has 13 heavy (non-hydrogen) atoms. The van der Waals surface area contributed by atoms with E-state index in [-0.39, 0.29) is 12.4 Å². The van der Waals surface area contributed by atoms with Crippen LogP contribution in [0.25, 0.3) is 0 Å². The Kier molecular flexibility index (Phi) is 2.95. The van der Waals surface area contributed by atoms with Gasteiger partial charge in [0, 0.05) is 11.6 Å². The van der Waals surface area contributed by atoms with Crippen molar-refractivity contribution in [2.24, 2.45) is 5.90 Å². The first-order valence-corrected chi connectivity index (χ1v) is 3.99. The molecule has 72 valence electrons. The van der Waals surface area contributed by atoms with Crippen molar-refractivity contribution in [2.75, 3.05) is 6.61 Å². The van der Waals surface area contributed by atoms with E-state index in [4.69, 9.17) is 5.90 Å². The molecule has 0 aromatic carbocycles. The van der Waals surface area contributed by atoms with Crippen LogP contribution in [0, 0.1) is 5.82 Å². The standard InChI is InChI=1S/C9H13FN2O/c1-9(2,6-13-11)7-3-4-12-5-8(7)10/h3-5H,6,11H2,1-2H3. The fourth-order valence-corrected chi connectivity index (χ4v) is 1.21. The maximum absolute atomic E-state index is 13.2. The van der Waals surface area contributed by atoms with Crippen LogP contribution < -0.4 is 5.90 Å². The average Bonchev–Trinajstić information content (AvgIpc) is 2.04. The third-order valence-corrected chi connectivity index (χ3v) is 1.95. The summed E-state index contributed by atoms with van der Waals surface area (Å²) in [7, 11) is 0. The highest BCUT2D eigenvalue weighted by molar-refractivity contribution is 5.22. The number of hydrogen-bond acceptors (Lipinski definition) is 3. The van der Waals surface area contributed by atoms with Crippen molar-refractivity contribution >= 4 is 0 Å². The predicted molar refractivity (Wildman–Crippen MR) is 47.4 cm³/mol. The molecule has 0 spiro atoms. The normalized spacial score (nSPS) is 11.7. The van der Waals surface area contributed by atoms with Gasteiger partial charge in [0.1, 0.15) is 5.82 Å². The lowest BCUT2D eigenvalue weighted by Gasteiger charge is -2.23. The summed E-state index contributed by atoms with van der Waals surface area (Å²) in [6, 6.07) is 1.63. The van der Waals surface area contributed by atoms with Gasteiger partial charge in [0.15, 0.2) is 0 Å². The first-order valence-electron chi connectivity index (χ1n) is 3.99. The van der Waals surface area contributed by atoms with Gasteiger partial charge in [0.25, 0.3) is 0 Å². The molecule has 0 saturated carbocycles. The van der Waals surface area contributed by atoms with E-state index >= 15 is 0 Å². The summed E-state index contributed by atoms with van der Waals surface area (Å²) < 4.78 is 13.2. The van der Waals surface area contributed by atoms with Crippen LogP contribution in [0.15, 0.2) is 18.5 Å². The van der Waals surface area contributed by atoms with Crippen LogP contribution >= 0.6 is 0 Å². The lowest BCUT2D eigenvalue weighted by atomic mass is 9.86. The van der Waals surface area contributed by atoms with Gasteiger partial charge >= 0.3 is 0 Å². The molecule has 2 N–H and O–H groups in total. The van der Waals surface area contributed by atoms with Crippen LogP contribution in [0.3, 0.4) is 0 Å². The summed E-state index contributed by atoms with van der Waals surface area (Å²) >= 11 is 0. The van der Waals surface area contributed by atoms with Gasteiger partial charge in [-0.05, 0) is 11.6 Å². The van der Waals surface area contributed by atoms with E-state index in [1.807, 2.05) is 13.8 Å². The molecule has 4 heteroatoms. The molecule has 1 rings (SSSR count). The zero-order valence-corrected chi connectivity index (χ0v) is 7.75. The van der Waals surface area contributed by atoms with Crippen molar-refractivity contribution in [3.05, 3.63) is 29.8 Å². The molecule has 0 aliphatic rings. The van der Waals surface area contributed by atoms with Crippen molar-refractivity contribution in [1.82, 2.24) is 4.98 Å². The van der Waals surface area contributed by atoms with Crippen LogP contribution in [-0.4, -0.2) is 11.6 Å². The second kappa shape index (κ2) is 3.81. The number of pyridine rings is 1. The minimum Gasteiger partial charge on any atom is -0.304 e. The Morgan fingerprint density at radius 3 is 2.85 bits per heavy atom. The molecule has 0 radical (unpaired) electrons. The third kappa shape index (κ3) is 2.23. The fourth-order valence-electron chi connectivity index (χ4n) is 1.21. The minimum atomic E-state index is -0.429. The summed E-state index contributed by atoms with van der Waals surface area (Å²) in [6.07, 6.45) is 2.74. The molecule has 0 fully saturated rings. The van der Waals surface area contributed by atoms with Gasteiger partial charge in [-0.3, -0.25) is 4.98 Å². The minimum absolute atomic E-state index is 0.272. The Morgan fingerprint density at radius 1 is 1.62 bits per heavy atom. The zero-order valence-electron chi connectivity index (χ0n) is 7.75. The predicted octanol–water partition coefficient (Wildman–Crippen LogP) is 1.39. The molecule has 1 aromatic rings. The fraction of sp³-hybridized carbons (Fsp3) is 0.444. The number of halogens is 1. The maximum atomic E-state index is 13.2. The second-order valence-electron chi connectivity index (χ2n) is 3.55. The molecular formula is C9H13FN2O. The number of nitrogens with two attached hydrogens (primary N) is 1. The molecule has 1 heterocycles. The quantitative estimate of drug-likeness (QED) is 0.722. The molecule has 0 saturated heterocycles. The van der Waals surface area contributed by atoms with Crippen LogP contribution in [0.2, 0.25) is 0 Å². The number of nitrogens with zero attached hydrogens (tertiary/aromatic N) is 1. The van der Waals surface area contributed by atoms with Gasteiger partial charge < -0.3 is 4.84 Å². The molecule has 0 aliphatic heterocycles. The Labute approximate surface area is 76.7 Å². The van der Waals surface area contributed by atoms with Crippen molar-refractivity contribution in [3.8, 4) is 0 Å². The third-order valence-electron chi connectivity index (χ3n) is 1.95. The van der Waals surface area contributed by atoms with Gasteiger partial charge in [-0.25, -0.2) is 10.3 Å². The molecule has 0 unspecified atom stereocenters. The zero-order chi connectivity index (χ0) is 9.90. The highest BCUT2D eigenvalue weighted by Gasteiger charge is 2.24. The number of aromatic nitrogens is 1. The number of hydrogen-bond donors (Lipinski definition) is 1. The van der Waals surface area contributed by atoms with Gasteiger partial charge in [-0.15, -0.1) is 0 Å². The van der Waals surface area contributed by atoms with Crippen molar-refractivity contribution in [1.29, 1.82) is 0 Å². The molecule has 0 atom stereocenters. The summed E-state index contributed by atoms with van der Waals surface area (Å²) in [5.41, 5.74) is 0.134. The van der Waals surface area contributed by atoms with Crippen LogP contribution in [-0.2, 0) is 10.3 Å². The van der Waals surface area contributed by atoms with Crippen molar-refractivity contribution in [2.45, 2.75) is 19.3 Å². The molecule has 0 bridgehead atoms. The van der Waals surface area contributed by atoms with Gasteiger partial charge in [0.05, 0.1) is 12.8 Å². The van der Waals surface area contributed by atoms with Gasteiger partial charge in [-0.1, -0.05) is 13.8 Å². The Morgan fingerprint density at radius 2 is 2.31 bits per heavy atom. The Bertz CT molecular complexity index is 289. The highest BCUT2D eigenvalue weighted by atomic mass is 19.1. The summed E-state index contributed by atoms with van der Waals surface area (Å²) in [5.74, 6) is 4.63. The SMILES string of the molecule is CC(C)(CON)c1ccncc1F. The van der Waals surface area contributed by atoms with Gasteiger partial charge in [-0.2, -0.15) is 0 Å². The van der Waals surface area contributed by atoms with E-state index in [9.17, 15) is 4.39 Å². The Hall–Kier alpha value is -1.00. The summed E-state index contributed by atoms with van der Waals surface area (Å²) in [6.45, 7) is 3.99. The van der Waals surface area contributed by atoms with Crippen LogP contribution in [0.4, 0.5) is 4.39 Å². The summed E-state index contributed by atoms with van der Waals surface area (Å²) in [5, 5.41) is 0. The van der Waals surface area contributed by atoms with E-state index in [0.717, 1.165) is 0 Å². The van der Waals surface area contributed by atoms with Crippen molar-refractivity contribution in [3.63, 3.8) is 0 Å². The van der Waals surface area contributed by atoms with Crippen molar-refractivity contribution < 1.29 is 9.23 Å². The topological polar surface area (TPSA) is 48.1 Å². The second-order valence-corrected chi connectivity index (χ2v) is 3.55. The first-order chi connectivity index (χ1) is 6.08. The number of rotatable bonds is 3. The first kappa shape index (κ1) is 10.1. The molecular weight excluding hydrogens is 171 g/mol. The van der Waals surface area contributed by atoms with Crippen LogP contribution in [0.5, 0.6) is 0 Å². The average molecular weight is 184 g/mol.